The van der Waals surface area contributed by atoms with Gasteiger partial charge in [0.1, 0.15) is 17.2 Å². The minimum Gasteiger partial charge on any atom is -0.497 e. The second kappa shape index (κ2) is 9.31. The Morgan fingerprint density at radius 2 is 1.80 bits per heavy atom. The molecule has 1 aliphatic heterocycles. The van der Waals surface area contributed by atoms with E-state index in [-0.39, 0.29) is 12.5 Å². The fourth-order valence-electron chi connectivity index (χ4n) is 3.90. The van der Waals surface area contributed by atoms with Crippen molar-refractivity contribution in [3.63, 3.8) is 0 Å². The molecule has 0 radical (unpaired) electrons. The summed E-state index contributed by atoms with van der Waals surface area (Å²) in [5.41, 5.74) is 3.00. The molecular weight excluding hydrogens is 464 g/mol. The summed E-state index contributed by atoms with van der Waals surface area (Å²) in [6.07, 6.45) is 0. The van der Waals surface area contributed by atoms with Gasteiger partial charge in [-0.25, -0.2) is 9.78 Å². The first-order chi connectivity index (χ1) is 17.0. The van der Waals surface area contributed by atoms with Crippen LogP contribution in [0.25, 0.3) is 11.5 Å². The van der Waals surface area contributed by atoms with Crippen LogP contribution in [-0.2, 0) is 11.3 Å². The van der Waals surface area contributed by atoms with Crippen molar-refractivity contribution in [2.24, 2.45) is 0 Å². The van der Waals surface area contributed by atoms with E-state index in [0.717, 1.165) is 21.1 Å². The predicted octanol–water partition coefficient (Wildman–Crippen LogP) is 5.76. The molecule has 0 bridgehead atoms. The summed E-state index contributed by atoms with van der Waals surface area (Å²) in [6.45, 7) is 2.00. The normalized spacial score (nSPS) is 12.5. The highest BCUT2D eigenvalue weighted by Gasteiger charge is 2.30. The fraction of sp³-hybridized carbons (Fsp3) is 0.148. The Bertz CT molecular complexity index is 1430. The van der Waals surface area contributed by atoms with Gasteiger partial charge in [-0.1, -0.05) is 23.9 Å². The first kappa shape index (κ1) is 22.7. The lowest BCUT2D eigenvalue weighted by molar-refractivity contribution is 0.0600. The number of amides is 1. The molecule has 7 nitrogen and oxygen atoms in total. The van der Waals surface area contributed by atoms with E-state index in [4.69, 9.17) is 18.9 Å². The van der Waals surface area contributed by atoms with Gasteiger partial charge >= 0.3 is 5.97 Å². The number of carbonyl (C=O) groups is 2. The monoisotopic (exact) mass is 486 g/mol. The van der Waals surface area contributed by atoms with Crippen LogP contribution in [0.5, 0.6) is 5.75 Å². The van der Waals surface area contributed by atoms with E-state index >= 15 is 0 Å². The maximum Gasteiger partial charge on any atom is 0.337 e. The minimum atomic E-state index is -0.466. The molecule has 0 saturated carbocycles. The van der Waals surface area contributed by atoms with Gasteiger partial charge in [0, 0.05) is 15.4 Å². The molecule has 3 aromatic carbocycles. The molecule has 0 fully saturated rings. The summed E-state index contributed by atoms with van der Waals surface area (Å²) in [7, 11) is 2.95. The Morgan fingerprint density at radius 1 is 1.03 bits per heavy atom. The number of aryl methyl sites for hydroxylation is 1. The molecule has 1 aliphatic rings. The number of esters is 1. The highest BCUT2D eigenvalue weighted by Crippen LogP contribution is 2.42. The van der Waals surface area contributed by atoms with Crippen molar-refractivity contribution in [2.75, 3.05) is 19.1 Å². The first-order valence-electron chi connectivity index (χ1n) is 10.9. The maximum absolute atomic E-state index is 13.7. The van der Waals surface area contributed by atoms with Crippen LogP contribution in [-0.4, -0.2) is 31.1 Å². The van der Waals surface area contributed by atoms with Crippen LogP contribution < -0.4 is 9.64 Å². The third kappa shape index (κ3) is 4.28. The zero-order valence-corrected chi connectivity index (χ0v) is 20.2. The number of hydrogen-bond donors (Lipinski definition) is 0. The lowest BCUT2D eigenvalue weighted by Gasteiger charge is -2.22. The van der Waals surface area contributed by atoms with E-state index in [1.807, 2.05) is 61.5 Å². The molecule has 0 N–H and O–H groups in total. The number of anilines is 1. The molecule has 176 valence electrons. The van der Waals surface area contributed by atoms with Crippen LogP contribution in [0.1, 0.15) is 32.2 Å². The van der Waals surface area contributed by atoms with Gasteiger partial charge < -0.3 is 18.8 Å². The number of hydrogen-bond acceptors (Lipinski definition) is 7. The van der Waals surface area contributed by atoms with Gasteiger partial charge in [0.25, 0.3) is 5.91 Å². The van der Waals surface area contributed by atoms with Crippen molar-refractivity contribution >= 4 is 29.3 Å². The summed E-state index contributed by atoms with van der Waals surface area (Å²) in [4.78, 5) is 34.0. The molecule has 0 atom stereocenters. The molecular formula is C27H22N2O5S. The average Bonchev–Trinajstić information content (AvgIpc) is 3.21. The van der Waals surface area contributed by atoms with Gasteiger partial charge in [0.15, 0.2) is 0 Å². The van der Waals surface area contributed by atoms with Crippen molar-refractivity contribution in [1.82, 2.24) is 4.98 Å². The standard InChI is InChI=1S/C27H22N2O5S/c1-16-21(28-25(34-16)17-8-11-19(32-2)12-9-17)15-29-22-14-18(27(31)33-3)10-13-24(22)35-23-7-5-4-6-20(23)26(29)30/h4-14H,15H2,1-3H3. The van der Waals surface area contributed by atoms with Gasteiger partial charge in [-0.3, -0.25) is 4.79 Å². The number of benzene rings is 3. The molecule has 0 saturated heterocycles. The zero-order valence-electron chi connectivity index (χ0n) is 19.4. The smallest absolute Gasteiger partial charge is 0.337 e. The molecule has 35 heavy (non-hydrogen) atoms. The minimum absolute atomic E-state index is 0.177. The molecule has 8 heteroatoms. The van der Waals surface area contributed by atoms with E-state index in [1.165, 1.54) is 18.9 Å². The first-order valence-corrected chi connectivity index (χ1v) is 11.7. The molecule has 1 aromatic heterocycles. The van der Waals surface area contributed by atoms with Gasteiger partial charge in [-0.15, -0.1) is 0 Å². The van der Waals surface area contributed by atoms with Crippen molar-refractivity contribution in [3.05, 3.63) is 89.3 Å². The van der Waals surface area contributed by atoms with Gasteiger partial charge in [0.05, 0.1) is 37.6 Å². The highest BCUT2D eigenvalue weighted by molar-refractivity contribution is 7.99. The Hall–Kier alpha value is -4.04. The topological polar surface area (TPSA) is 81.9 Å². The molecule has 2 heterocycles. The molecule has 5 rings (SSSR count). The summed E-state index contributed by atoms with van der Waals surface area (Å²) in [6, 6.07) is 20.1. The summed E-state index contributed by atoms with van der Waals surface area (Å²) in [5.74, 6) is 1.16. The summed E-state index contributed by atoms with van der Waals surface area (Å²) < 4.78 is 16.1. The Kier molecular flexibility index (Phi) is 6.05. The molecule has 0 spiro atoms. The third-order valence-electron chi connectivity index (χ3n) is 5.79. The van der Waals surface area contributed by atoms with Crippen LogP contribution >= 0.6 is 11.8 Å². The van der Waals surface area contributed by atoms with Crippen molar-refractivity contribution < 1.29 is 23.5 Å². The van der Waals surface area contributed by atoms with E-state index in [1.54, 1.807) is 24.1 Å². The number of fused-ring (bicyclic) bond motifs is 2. The average molecular weight is 487 g/mol. The second-order valence-corrected chi connectivity index (χ2v) is 9.00. The van der Waals surface area contributed by atoms with Crippen molar-refractivity contribution in [3.8, 4) is 17.2 Å². The van der Waals surface area contributed by atoms with Crippen LogP contribution in [0.4, 0.5) is 5.69 Å². The maximum atomic E-state index is 13.7. The molecule has 0 unspecified atom stereocenters. The van der Waals surface area contributed by atoms with E-state index in [2.05, 4.69) is 0 Å². The zero-order chi connectivity index (χ0) is 24.5. The SMILES string of the molecule is COC(=O)c1ccc2c(c1)N(Cc1nc(-c3ccc(OC)cc3)oc1C)C(=O)c1ccccc1S2. The van der Waals surface area contributed by atoms with Crippen LogP contribution in [0, 0.1) is 6.92 Å². The largest absolute Gasteiger partial charge is 0.497 e. The number of carbonyl (C=O) groups excluding carboxylic acids is 2. The number of oxazole rings is 1. The third-order valence-corrected chi connectivity index (χ3v) is 6.93. The Balaban J connectivity index is 1.57. The van der Waals surface area contributed by atoms with E-state index in [9.17, 15) is 9.59 Å². The number of rotatable bonds is 5. The molecule has 4 aromatic rings. The van der Waals surface area contributed by atoms with Crippen LogP contribution in [0.2, 0.25) is 0 Å². The Labute approximate surface area is 206 Å². The highest BCUT2D eigenvalue weighted by atomic mass is 32.2. The van der Waals surface area contributed by atoms with Gasteiger partial charge in [-0.05, 0) is 61.5 Å². The predicted molar refractivity (Wildman–Crippen MR) is 132 cm³/mol. The quantitative estimate of drug-likeness (QED) is 0.332. The summed E-state index contributed by atoms with van der Waals surface area (Å²) >= 11 is 1.49. The fourth-order valence-corrected chi connectivity index (χ4v) is 4.96. The Morgan fingerprint density at radius 3 is 2.54 bits per heavy atom. The van der Waals surface area contributed by atoms with Gasteiger partial charge in [0.2, 0.25) is 5.89 Å². The van der Waals surface area contributed by atoms with Gasteiger partial charge in [-0.2, -0.15) is 0 Å². The van der Waals surface area contributed by atoms with E-state index in [0.29, 0.717) is 34.2 Å². The van der Waals surface area contributed by atoms with E-state index < -0.39 is 5.97 Å². The lowest BCUT2D eigenvalue weighted by Crippen LogP contribution is -2.31. The van der Waals surface area contributed by atoms with Crippen LogP contribution in [0.15, 0.2) is 80.9 Å². The molecule has 0 aliphatic carbocycles. The van der Waals surface area contributed by atoms with Crippen molar-refractivity contribution in [1.29, 1.82) is 0 Å². The number of aromatic nitrogens is 1. The number of methoxy groups -OCH3 is 2. The second-order valence-electron chi connectivity index (χ2n) is 7.91. The lowest BCUT2D eigenvalue weighted by atomic mass is 10.1. The number of ether oxygens (including phenoxy) is 2. The number of nitrogens with zero attached hydrogens (tertiary/aromatic N) is 2. The van der Waals surface area contributed by atoms with Crippen molar-refractivity contribution in [2.45, 2.75) is 23.3 Å². The molecule has 1 amide bonds. The summed E-state index contributed by atoms with van der Waals surface area (Å²) in [5, 5.41) is 0. The van der Waals surface area contributed by atoms with Crippen LogP contribution in [0.3, 0.4) is 0 Å².